The minimum atomic E-state index is -2.89. The standard InChI is InChI=1S/C12H18N4O2S/c1-9-8-19(17,18)5-4-16(9)7-10-2-3-15-11(6-10)12(13)14/h2-3,6,9H,4-5,7-8H2,1H3,(H3,13,14). The maximum Gasteiger partial charge on any atom is 0.153 e. The van der Waals surface area contributed by atoms with Crippen LogP contribution in [0.15, 0.2) is 18.3 Å². The molecule has 0 radical (unpaired) electrons. The van der Waals surface area contributed by atoms with Gasteiger partial charge in [0.15, 0.2) is 9.84 Å². The lowest BCUT2D eigenvalue weighted by Gasteiger charge is -2.33. The number of nitrogens with zero attached hydrogens (tertiary/aromatic N) is 2. The molecular formula is C12H18N4O2S. The van der Waals surface area contributed by atoms with Crippen molar-refractivity contribution in [1.82, 2.24) is 9.88 Å². The van der Waals surface area contributed by atoms with Gasteiger partial charge in [0, 0.05) is 25.3 Å². The number of nitrogens with two attached hydrogens (primary N) is 1. The molecule has 19 heavy (non-hydrogen) atoms. The minimum absolute atomic E-state index is 0.00712. The quantitative estimate of drug-likeness (QED) is 0.599. The number of rotatable bonds is 3. The van der Waals surface area contributed by atoms with Gasteiger partial charge in [-0.25, -0.2) is 8.42 Å². The molecule has 1 aromatic heterocycles. The fraction of sp³-hybridized carbons (Fsp3) is 0.500. The Hall–Kier alpha value is -1.47. The summed E-state index contributed by atoms with van der Waals surface area (Å²) in [6.07, 6.45) is 1.62. The van der Waals surface area contributed by atoms with E-state index in [1.165, 1.54) is 0 Å². The van der Waals surface area contributed by atoms with Gasteiger partial charge in [0.1, 0.15) is 11.5 Å². The van der Waals surface area contributed by atoms with E-state index in [0.717, 1.165) is 5.56 Å². The third-order valence-electron chi connectivity index (χ3n) is 3.29. The first-order valence-corrected chi connectivity index (χ1v) is 7.93. The third kappa shape index (κ3) is 3.51. The van der Waals surface area contributed by atoms with Crippen molar-refractivity contribution in [2.24, 2.45) is 5.73 Å². The van der Waals surface area contributed by atoms with Gasteiger partial charge in [0.25, 0.3) is 0 Å². The maximum absolute atomic E-state index is 11.5. The lowest BCUT2D eigenvalue weighted by atomic mass is 10.2. The van der Waals surface area contributed by atoms with Gasteiger partial charge >= 0.3 is 0 Å². The fourth-order valence-corrected chi connectivity index (χ4v) is 3.85. The summed E-state index contributed by atoms with van der Waals surface area (Å²) < 4.78 is 23.0. The molecule has 0 aliphatic carbocycles. The maximum atomic E-state index is 11.5. The minimum Gasteiger partial charge on any atom is -0.382 e. The number of pyridine rings is 1. The molecule has 2 heterocycles. The summed E-state index contributed by atoms with van der Waals surface area (Å²) in [5.41, 5.74) is 6.85. The topological polar surface area (TPSA) is 100 Å². The number of sulfone groups is 1. The van der Waals surface area contributed by atoms with Crippen molar-refractivity contribution in [3.8, 4) is 0 Å². The summed E-state index contributed by atoms with van der Waals surface area (Å²) in [6.45, 7) is 3.12. The molecule has 104 valence electrons. The lowest BCUT2D eigenvalue weighted by Crippen LogP contribution is -2.46. The second-order valence-electron chi connectivity index (χ2n) is 4.90. The number of nitrogen functional groups attached to an aromatic ring is 1. The van der Waals surface area contributed by atoms with Crippen molar-refractivity contribution in [3.63, 3.8) is 0 Å². The molecule has 1 atom stereocenters. The van der Waals surface area contributed by atoms with E-state index in [-0.39, 0.29) is 23.4 Å². The molecule has 6 nitrogen and oxygen atoms in total. The van der Waals surface area contributed by atoms with Gasteiger partial charge in [-0.15, -0.1) is 0 Å². The van der Waals surface area contributed by atoms with Gasteiger partial charge in [-0.2, -0.15) is 0 Å². The van der Waals surface area contributed by atoms with E-state index in [1.807, 2.05) is 13.0 Å². The van der Waals surface area contributed by atoms with Gasteiger partial charge in [0.05, 0.1) is 11.5 Å². The molecule has 1 aliphatic rings. The summed E-state index contributed by atoms with van der Waals surface area (Å²) in [5, 5.41) is 7.37. The van der Waals surface area contributed by atoms with E-state index >= 15 is 0 Å². The largest absolute Gasteiger partial charge is 0.382 e. The third-order valence-corrected chi connectivity index (χ3v) is 5.09. The van der Waals surface area contributed by atoms with Gasteiger partial charge < -0.3 is 5.73 Å². The van der Waals surface area contributed by atoms with Crippen LogP contribution in [0.1, 0.15) is 18.2 Å². The molecular weight excluding hydrogens is 264 g/mol. The van der Waals surface area contributed by atoms with Crippen LogP contribution in [0.2, 0.25) is 0 Å². The summed E-state index contributed by atoms with van der Waals surface area (Å²) in [7, 11) is -2.89. The van der Waals surface area contributed by atoms with Crippen molar-refractivity contribution >= 4 is 15.7 Å². The molecule has 0 amide bonds. The summed E-state index contributed by atoms with van der Waals surface area (Å²) in [5.74, 6) is 0.357. The molecule has 0 bridgehead atoms. The lowest BCUT2D eigenvalue weighted by molar-refractivity contribution is 0.218. The van der Waals surface area contributed by atoms with Crippen LogP contribution in [0.3, 0.4) is 0 Å². The second-order valence-corrected chi connectivity index (χ2v) is 7.13. The van der Waals surface area contributed by atoms with Crippen LogP contribution in [0, 0.1) is 5.41 Å². The molecule has 2 rings (SSSR count). The Morgan fingerprint density at radius 1 is 1.63 bits per heavy atom. The van der Waals surface area contributed by atoms with E-state index in [1.54, 1.807) is 12.3 Å². The first-order valence-electron chi connectivity index (χ1n) is 6.11. The van der Waals surface area contributed by atoms with Crippen molar-refractivity contribution in [3.05, 3.63) is 29.6 Å². The normalized spacial score (nSPS) is 23.1. The number of hydrogen-bond donors (Lipinski definition) is 2. The fourth-order valence-electron chi connectivity index (χ4n) is 2.22. The average molecular weight is 282 g/mol. The Morgan fingerprint density at radius 3 is 3.00 bits per heavy atom. The Balaban J connectivity index is 2.09. The van der Waals surface area contributed by atoms with E-state index in [9.17, 15) is 8.42 Å². The zero-order valence-corrected chi connectivity index (χ0v) is 11.7. The molecule has 1 aromatic rings. The van der Waals surface area contributed by atoms with Gasteiger partial charge in [-0.1, -0.05) is 0 Å². The molecule has 7 heteroatoms. The van der Waals surface area contributed by atoms with Crippen LogP contribution >= 0.6 is 0 Å². The van der Waals surface area contributed by atoms with Crippen LogP contribution in [0.4, 0.5) is 0 Å². The second kappa shape index (κ2) is 5.26. The predicted octanol–water partition coefficient (Wildman–Crippen LogP) is -0.0154. The Bertz CT molecular complexity index is 585. The predicted molar refractivity (Wildman–Crippen MR) is 73.8 cm³/mol. The summed E-state index contributed by atoms with van der Waals surface area (Å²) >= 11 is 0. The molecule has 1 aliphatic heterocycles. The van der Waals surface area contributed by atoms with Gasteiger partial charge in [-0.3, -0.25) is 15.3 Å². The highest BCUT2D eigenvalue weighted by molar-refractivity contribution is 7.91. The van der Waals surface area contributed by atoms with Crippen LogP contribution in [0.25, 0.3) is 0 Å². The van der Waals surface area contributed by atoms with Crippen LogP contribution in [0.5, 0.6) is 0 Å². The van der Waals surface area contributed by atoms with E-state index in [2.05, 4.69) is 9.88 Å². The number of aromatic nitrogens is 1. The van der Waals surface area contributed by atoms with E-state index < -0.39 is 9.84 Å². The molecule has 1 fully saturated rings. The molecule has 0 spiro atoms. The monoisotopic (exact) mass is 282 g/mol. The molecule has 3 N–H and O–H groups in total. The highest BCUT2D eigenvalue weighted by Crippen LogP contribution is 2.15. The Labute approximate surface area is 113 Å². The van der Waals surface area contributed by atoms with Crippen molar-refractivity contribution in [2.45, 2.75) is 19.5 Å². The smallest absolute Gasteiger partial charge is 0.153 e. The van der Waals surface area contributed by atoms with Crippen LogP contribution in [-0.2, 0) is 16.4 Å². The Morgan fingerprint density at radius 2 is 2.37 bits per heavy atom. The molecule has 1 unspecified atom stereocenters. The Kier molecular flexibility index (Phi) is 3.86. The first-order chi connectivity index (χ1) is 8.87. The van der Waals surface area contributed by atoms with Crippen molar-refractivity contribution in [2.75, 3.05) is 18.1 Å². The van der Waals surface area contributed by atoms with Crippen LogP contribution < -0.4 is 5.73 Å². The van der Waals surface area contributed by atoms with E-state index in [0.29, 0.717) is 18.8 Å². The van der Waals surface area contributed by atoms with Crippen LogP contribution in [-0.4, -0.2) is 48.2 Å². The summed E-state index contributed by atoms with van der Waals surface area (Å²) in [6, 6.07) is 3.65. The molecule has 0 saturated carbocycles. The summed E-state index contributed by atoms with van der Waals surface area (Å²) in [4.78, 5) is 6.14. The SMILES string of the molecule is CC1CS(=O)(=O)CCN1Cc1ccnc(C(=N)N)c1. The highest BCUT2D eigenvalue weighted by Gasteiger charge is 2.27. The van der Waals surface area contributed by atoms with Crippen molar-refractivity contribution < 1.29 is 8.42 Å². The highest BCUT2D eigenvalue weighted by atomic mass is 32.2. The van der Waals surface area contributed by atoms with Gasteiger partial charge in [-0.05, 0) is 24.6 Å². The zero-order chi connectivity index (χ0) is 14.0. The van der Waals surface area contributed by atoms with E-state index in [4.69, 9.17) is 11.1 Å². The zero-order valence-electron chi connectivity index (χ0n) is 10.8. The molecule has 1 saturated heterocycles. The number of amidine groups is 1. The van der Waals surface area contributed by atoms with Gasteiger partial charge in [0.2, 0.25) is 0 Å². The molecule has 0 aromatic carbocycles. The average Bonchev–Trinajstić information content (AvgIpc) is 2.32. The number of hydrogen-bond acceptors (Lipinski definition) is 5. The van der Waals surface area contributed by atoms with Crippen molar-refractivity contribution in [1.29, 1.82) is 5.41 Å². The number of nitrogens with one attached hydrogen (secondary N) is 1. The first kappa shape index (κ1) is 14.0.